The van der Waals surface area contributed by atoms with Crippen molar-refractivity contribution in [3.63, 3.8) is 0 Å². The number of aromatic nitrogens is 1. The lowest BCUT2D eigenvalue weighted by Crippen LogP contribution is -2.29. The van der Waals surface area contributed by atoms with Crippen molar-refractivity contribution in [2.75, 3.05) is 20.2 Å². The third-order valence-corrected chi connectivity index (χ3v) is 2.35. The minimum absolute atomic E-state index is 0.0292. The molecule has 0 bridgehead atoms. The minimum atomic E-state index is -0.104. The van der Waals surface area contributed by atoms with Crippen LogP contribution in [0.3, 0.4) is 0 Å². The Kier molecular flexibility index (Phi) is 6.14. The highest BCUT2D eigenvalue weighted by molar-refractivity contribution is 5.77. The molecule has 1 rings (SSSR count). The second kappa shape index (κ2) is 7.66. The third kappa shape index (κ3) is 4.71. The van der Waals surface area contributed by atoms with E-state index < -0.39 is 0 Å². The first-order valence-electron chi connectivity index (χ1n) is 6.18. The molecule has 0 fully saturated rings. The van der Waals surface area contributed by atoms with E-state index in [0.717, 1.165) is 17.8 Å². The quantitative estimate of drug-likeness (QED) is 0.759. The van der Waals surface area contributed by atoms with Crippen LogP contribution in [0.4, 0.5) is 0 Å². The van der Waals surface area contributed by atoms with Crippen molar-refractivity contribution in [1.82, 2.24) is 15.6 Å². The van der Waals surface area contributed by atoms with Crippen LogP contribution < -0.4 is 15.4 Å². The molecule has 5 nitrogen and oxygen atoms in total. The molecule has 18 heavy (non-hydrogen) atoms. The number of ether oxygens (including phenoxy) is 1. The third-order valence-electron chi connectivity index (χ3n) is 2.35. The van der Waals surface area contributed by atoms with Crippen LogP contribution in [0.2, 0.25) is 0 Å². The second-order valence-corrected chi connectivity index (χ2v) is 4.07. The smallest absolute Gasteiger partial charge is 0.257 e. The molecule has 0 saturated heterocycles. The SMILES string of the molecule is CCCNC(=O)COc1ccc(C)nc1CNC. The van der Waals surface area contributed by atoms with Gasteiger partial charge in [-0.1, -0.05) is 6.92 Å². The van der Waals surface area contributed by atoms with Gasteiger partial charge in [0.25, 0.3) is 5.91 Å². The molecule has 1 aromatic heterocycles. The lowest BCUT2D eigenvalue weighted by molar-refractivity contribution is -0.123. The molecule has 1 amide bonds. The van der Waals surface area contributed by atoms with Crippen LogP contribution in [0, 0.1) is 6.92 Å². The molecule has 1 aromatic rings. The lowest BCUT2D eigenvalue weighted by atomic mass is 10.3. The maximum atomic E-state index is 11.4. The summed E-state index contributed by atoms with van der Waals surface area (Å²) in [6, 6.07) is 3.72. The molecular weight excluding hydrogens is 230 g/mol. The Morgan fingerprint density at radius 3 is 2.89 bits per heavy atom. The maximum absolute atomic E-state index is 11.4. The first-order chi connectivity index (χ1) is 8.67. The first-order valence-corrected chi connectivity index (χ1v) is 6.18. The second-order valence-electron chi connectivity index (χ2n) is 4.07. The molecule has 5 heteroatoms. The lowest BCUT2D eigenvalue weighted by Gasteiger charge is -2.11. The maximum Gasteiger partial charge on any atom is 0.257 e. The first kappa shape index (κ1) is 14.4. The summed E-state index contributed by atoms with van der Waals surface area (Å²) < 4.78 is 5.49. The van der Waals surface area contributed by atoms with Gasteiger partial charge in [-0.15, -0.1) is 0 Å². The summed E-state index contributed by atoms with van der Waals surface area (Å²) in [7, 11) is 1.85. The predicted octanol–water partition coefficient (Wildman–Crippen LogP) is 1.01. The fourth-order valence-corrected chi connectivity index (χ4v) is 1.48. The van der Waals surface area contributed by atoms with E-state index in [1.54, 1.807) is 0 Å². The average Bonchev–Trinajstić information content (AvgIpc) is 2.36. The number of hydrogen-bond acceptors (Lipinski definition) is 4. The zero-order valence-corrected chi connectivity index (χ0v) is 11.2. The van der Waals surface area contributed by atoms with Gasteiger partial charge in [-0.05, 0) is 32.5 Å². The molecule has 0 aliphatic heterocycles. The van der Waals surface area contributed by atoms with E-state index in [2.05, 4.69) is 15.6 Å². The molecule has 0 unspecified atom stereocenters. The molecule has 0 saturated carbocycles. The molecule has 2 N–H and O–H groups in total. The van der Waals surface area contributed by atoms with Crippen molar-refractivity contribution in [2.24, 2.45) is 0 Å². The van der Waals surface area contributed by atoms with Crippen molar-refractivity contribution >= 4 is 5.91 Å². The van der Waals surface area contributed by atoms with E-state index in [0.29, 0.717) is 18.8 Å². The highest BCUT2D eigenvalue weighted by atomic mass is 16.5. The number of rotatable bonds is 7. The van der Waals surface area contributed by atoms with Gasteiger partial charge in [-0.2, -0.15) is 0 Å². The van der Waals surface area contributed by atoms with Crippen LogP contribution in [0.1, 0.15) is 24.7 Å². The van der Waals surface area contributed by atoms with Crippen LogP contribution in [0.5, 0.6) is 5.75 Å². The molecular formula is C13H21N3O2. The van der Waals surface area contributed by atoms with Gasteiger partial charge in [0.1, 0.15) is 5.75 Å². The van der Waals surface area contributed by atoms with Crippen LogP contribution in [0.15, 0.2) is 12.1 Å². The Balaban J connectivity index is 2.58. The van der Waals surface area contributed by atoms with E-state index in [1.165, 1.54) is 0 Å². The molecule has 0 aliphatic rings. The van der Waals surface area contributed by atoms with Crippen molar-refractivity contribution in [2.45, 2.75) is 26.8 Å². The monoisotopic (exact) mass is 251 g/mol. The Labute approximate surface area is 108 Å². The van der Waals surface area contributed by atoms with Gasteiger partial charge in [-0.25, -0.2) is 0 Å². The summed E-state index contributed by atoms with van der Waals surface area (Å²) in [5, 5.41) is 5.80. The van der Waals surface area contributed by atoms with Gasteiger partial charge in [0.05, 0.1) is 5.69 Å². The number of carbonyl (C=O) groups is 1. The summed E-state index contributed by atoms with van der Waals surface area (Å²) >= 11 is 0. The summed E-state index contributed by atoms with van der Waals surface area (Å²) in [6.07, 6.45) is 0.919. The van der Waals surface area contributed by atoms with Gasteiger partial charge < -0.3 is 15.4 Å². The van der Waals surface area contributed by atoms with Crippen molar-refractivity contribution in [3.8, 4) is 5.75 Å². The fourth-order valence-electron chi connectivity index (χ4n) is 1.48. The largest absolute Gasteiger partial charge is 0.482 e. The Bertz CT molecular complexity index is 394. The zero-order chi connectivity index (χ0) is 13.4. The molecule has 0 spiro atoms. The normalized spacial score (nSPS) is 10.2. The number of nitrogens with one attached hydrogen (secondary N) is 2. The number of amides is 1. The van der Waals surface area contributed by atoms with Crippen molar-refractivity contribution in [3.05, 3.63) is 23.5 Å². The van der Waals surface area contributed by atoms with Gasteiger partial charge in [0.2, 0.25) is 0 Å². The van der Waals surface area contributed by atoms with Gasteiger partial charge in [-0.3, -0.25) is 9.78 Å². The highest BCUT2D eigenvalue weighted by Crippen LogP contribution is 2.16. The van der Waals surface area contributed by atoms with E-state index in [4.69, 9.17) is 4.74 Å². The number of aryl methyl sites for hydroxylation is 1. The minimum Gasteiger partial charge on any atom is -0.482 e. The molecule has 100 valence electrons. The van der Waals surface area contributed by atoms with Crippen LogP contribution >= 0.6 is 0 Å². The average molecular weight is 251 g/mol. The van der Waals surface area contributed by atoms with Crippen molar-refractivity contribution in [1.29, 1.82) is 0 Å². The number of hydrogen-bond donors (Lipinski definition) is 2. The van der Waals surface area contributed by atoms with Gasteiger partial charge in [0, 0.05) is 18.8 Å². The Morgan fingerprint density at radius 2 is 2.22 bits per heavy atom. The van der Waals surface area contributed by atoms with Crippen molar-refractivity contribution < 1.29 is 9.53 Å². The molecule has 1 heterocycles. The number of carbonyl (C=O) groups excluding carboxylic acids is 1. The zero-order valence-electron chi connectivity index (χ0n) is 11.2. The van der Waals surface area contributed by atoms with E-state index in [1.807, 2.05) is 33.0 Å². The molecule has 0 atom stereocenters. The molecule has 0 aromatic carbocycles. The summed E-state index contributed by atoms with van der Waals surface area (Å²) in [4.78, 5) is 15.8. The van der Waals surface area contributed by atoms with Gasteiger partial charge >= 0.3 is 0 Å². The number of pyridine rings is 1. The summed E-state index contributed by atoms with van der Waals surface area (Å²) in [6.45, 7) is 5.26. The van der Waals surface area contributed by atoms with E-state index in [-0.39, 0.29) is 12.5 Å². The fraction of sp³-hybridized carbons (Fsp3) is 0.538. The van der Waals surface area contributed by atoms with Crippen LogP contribution in [-0.4, -0.2) is 31.1 Å². The molecule has 0 aliphatic carbocycles. The Hall–Kier alpha value is -1.62. The Morgan fingerprint density at radius 1 is 1.44 bits per heavy atom. The number of nitrogens with zero attached hydrogens (tertiary/aromatic N) is 1. The highest BCUT2D eigenvalue weighted by Gasteiger charge is 2.07. The predicted molar refractivity (Wildman–Crippen MR) is 70.5 cm³/mol. The van der Waals surface area contributed by atoms with Crippen LogP contribution in [-0.2, 0) is 11.3 Å². The summed E-state index contributed by atoms with van der Waals surface area (Å²) in [5.74, 6) is 0.550. The summed E-state index contributed by atoms with van der Waals surface area (Å²) in [5.41, 5.74) is 1.75. The van der Waals surface area contributed by atoms with E-state index >= 15 is 0 Å². The standard InChI is InChI=1S/C13H21N3O2/c1-4-7-15-13(17)9-18-12-6-5-10(2)16-11(12)8-14-3/h5-6,14H,4,7-9H2,1-3H3,(H,15,17). The van der Waals surface area contributed by atoms with Crippen LogP contribution in [0.25, 0.3) is 0 Å². The van der Waals surface area contributed by atoms with Gasteiger partial charge in [0.15, 0.2) is 6.61 Å². The van der Waals surface area contributed by atoms with E-state index in [9.17, 15) is 4.79 Å². The molecule has 0 radical (unpaired) electrons. The topological polar surface area (TPSA) is 63.2 Å².